The number of likely N-dealkylation sites (N-methyl/N-ethyl adjacent to an activating group) is 1. The summed E-state index contributed by atoms with van der Waals surface area (Å²) in [6, 6.07) is 4.45. The Labute approximate surface area is 104 Å². The fourth-order valence-electron chi connectivity index (χ4n) is 2.00. The van der Waals surface area contributed by atoms with E-state index in [1.165, 1.54) is 12.8 Å². The van der Waals surface area contributed by atoms with Crippen LogP contribution in [0.15, 0.2) is 18.3 Å². The number of aromatic nitrogens is 1. The predicted octanol–water partition coefficient (Wildman–Crippen LogP) is 2.21. The topological polar surface area (TPSA) is 34.1 Å². The van der Waals surface area contributed by atoms with Gasteiger partial charge in [-0.05, 0) is 61.0 Å². The largest absolute Gasteiger partial charge is 0.487 e. The lowest BCUT2D eigenvalue weighted by molar-refractivity contribution is 0.178. The molecular formula is C11H15IN2O. The number of halogens is 1. The van der Waals surface area contributed by atoms with Crippen molar-refractivity contribution >= 4 is 22.6 Å². The molecule has 15 heavy (non-hydrogen) atoms. The van der Waals surface area contributed by atoms with Gasteiger partial charge in [-0.3, -0.25) is 0 Å². The van der Waals surface area contributed by atoms with Gasteiger partial charge in [0.1, 0.15) is 15.6 Å². The van der Waals surface area contributed by atoms with Gasteiger partial charge < -0.3 is 10.1 Å². The quantitative estimate of drug-likeness (QED) is 0.685. The Morgan fingerprint density at radius 2 is 2.33 bits per heavy atom. The molecule has 1 aromatic rings. The third kappa shape index (κ3) is 2.81. The third-order valence-electron chi connectivity index (χ3n) is 2.81. The highest BCUT2D eigenvalue weighted by Crippen LogP contribution is 2.24. The van der Waals surface area contributed by atoms with E-state index in [2.05, 4.69) is 32.9 Å². The van der Waals surface area contributed by atoms with Gasteiger partial charge in [-0.25, -0.2) is 4.98 Å². The van der Waals surface area contributed by atoms with Gasteiger partial charge >= 0.3 is 0 Å². The number of rotatable bonds is 3. The lowest BCUT2D eigenvalue weighted by Gasteiger charge is -2.20. The molecule has 0 amide bonds. The first-order chi connectivity index (χ1) is 7.29. The summed E-state index contributed by atoms with van der Waals surface area (Å²) in [6.07, 6.45) is 5.69. The van der Waals surface area contributed by atoms with Gasteiger partial charge in [-0.1, -0.05) is 0 Å². The summed E-state index contributed by atoms with van der Waals surface area (Å²) in [6.45, 7) is 0. The van der Waals surface area contributed by atoms with E-state index in [0.29, 0.717) is 12.1 Å². The van der Waals surface area contributed by atoms with Crippen LogP contribution in [0.1, 0.15) is 19.3 Å². The Bertz CT molecular complexity index is 315. The molecule has 1 N–H and O–H groups in total. The lowest BCUT2D eigenvalue weighted by atomic mass is 10.2. The van der Waals surface area contributed by atoms with Crippen molar-refractivity contribution in [2.45, 2.75) is 31.4 Å². The maximum Gasteiger partial charge on any atom is 0.138 e. The second-order valence-corrected chi connectivity index (χ2v) is 4.90. The summed E-state index contributed by atoms with van der Waals surface area (Å²) < 4.78 is 6.90. The molecule has 82 valence electrons. The molecule has 1 aliphatic carbocycles. The zero-order chi connectivity index (χ0) is 10.7. The Hall–Kier alpha value is -0.360. The van der Waals surface area contributed by atoms with Crippen LogP contribution in [0.4, 0.5) is 0 Å². The van der Waals surface area contributed by atoms with E-state index in [-0.39, 0.29) is 0 Å². The number of pyridine rings is 1. The van der Waals surface area contributed by atoms with Crippen LogP contribution < -0.4 is 10.1 Å². The summed E-state index contributed by atoms with van der Waals surface area (Å²) in [7, 11) is 2.00. The molecule has 0 radical (unpaired) electrons. The molecule has 4 heteroatoms. The average molecular weight is 318 g/mol. The van der Waals surface area contributed by atoms with Crippen LogP contribution in [0.3, 0.4) is 0 Å². The molecule has 1 fully saturated rings. The standard InChI is InChI=1S/C11H15IN2O/c1-13-9-3-2-4-10(9)15-8-5-6-11(12)14-7-8/h5-7,9-10,13H,2-4H2,1H3/t9-,10+/m0/s1. The first-order valence-corrected chi connectivity index (χ1v) is 6.33. The van der Waals surface area contributed by atoms with Crippen LogP contribution in [0.2, 0.25) is 0 Å². The van der Waals surface area contributed by atoms with Crippen LogP contribution in [0, 0.1) is 3.70 Å². The number of hydrogen-bond donors (Lipinski definition) is 1. The van der Waals surface area contributed by atoms with Crippen LogP contribution in [-0.2, 0) is 0 Å². The van der Waals surface area contributed by atoms with Gasteiger partial charge in [-0.2, -0.15) is 0 Å². The van der Waals surface area contributed by atoms with Gasteiger partial charge in [0.15, 0.2) is 0 Å². The molecule has 1 heterocycles. The highest BCUT2D eigenvalue weighted by Gasteiger charge is 2.27. The molecule has 3 nitrogen and oxygen atoms in total. The van der Waals surface area contributed by atoms with Crippen molar-refractivity contribution in [3.63, 3.8) is 0 Å². The molecule has 1 aliphatic rings. The van der Waals surface area contributed by atoms with E-state index in [9.17, 15) is 0 Å². The summed E-state index contributed by atoms with van der Waals surface area (Å²) in [5, 5.41) is 3.30. The maximum absolute atomic E-state index is 5.91. The molecule has 0 spiro atoms. The van der Waals surface area contributed by atoms with Crippen LogP contribution in [-0.4, -0.2) is 24.2 Å². The zero-order valence-corrected chi connectivity index (χ0v) is 10.9. The monoisotopic (exact) mass is 318 g/mol. The van der Waals surface area contributed by atoms with Gasteiger partial charge in [0.05, 0.1) is 6.20 Å². The molecule has 0 unspecified atom stereocenters. The molecule has 0 aromatic carbocycles. The normalized spacial score (nSPS) is 25.5. The Balaban J connectivity index is 1.99. The third-order valence-corrected chi connectivity index (χ3v) is 3.45. The Kier molecular flexibility index (Phi) is 3.80. The van der Waals surface area contributed by atoms with Crippen molar-refractivity contribution in [3.05, 3.63) is 22.0 Å². The molecule has 2 atom stereocenters. The minimum atomic E-state index is 0.303. The van der Waals surface area contributed by atoms with Gasteiger partial charge in [0.25, 0.3) is 0 Å². The van der Waals surface area contributed by atoms with E-state index in [1.54, 1.807) is 6.20 Å². The van der Waals surface area contributed by atoms with Crippen LogP contribution in [0.5, 0.6) is 5.75 Å². The maximum atomic E-state index is 5.91. The smallest absolute Gasteiger partial charge is 0.138 e. The predicted molar refractivity (Wildman–Crippen MR) is 68.1 cm³/mol. The Morgan fingerprint density at radius 1 is 1.47 bits per heavy atom. The SMILES string of the molecule is CN[C@H]1CCC[C@H]1Oc1ccc(I)nc1. The first-order valence-electron chi connectivity index (χ1n) is 5.25. The summed E-state index contributed by atoms with van der Waals surface area (Å²) >= 11 is 2.19. The van der Waals surface area contributed by atoms with Crippen LogP contribution >= 0.6 is 22.6 Å². The molecule has 1 aromatic heterocycles. The molecule has 2 rings (SSSR count). The average Bonchev–Trinajstić information content (AvgIpc) is 2.69. The molecule has 1 saturated carbocycles. The lowest BCUT2D eigenvalue weighted by Crippen LogP contribution is -2.36. The van der Waals surface area contributed by atoms with Crippen molar-refractivity contribution < 1.29 is 4.74 Å². The zero-order valence-electron chi connectivity index (χ0n) is 8.74. The van der Waals surface area contributed by atoms with E-state index >= 15 is 0 Å². The number of nitrogens with zero attached hydrogens (tertiary/aromatic N) is 1. The van der Waals surface area contributed by atoms with E-state index in [1.807, 2.05) is 19.2 Å². The molecule has 0 saturated heterocycles. The van der Waals surface area contributed by atoms with Crippen molar-refractivity contribution in [3.8, 4) is 5.75 Å². The van der Waals surface area contributed by atoms with Crippen LogP contribution in [0.25, 0.3) is 0 Å². The molecule has 0 bridgehead atoms. The second-order valence-electron chi connectivity index (χ2n) is 3.80. The highest BCUT2D eigenvalue weighted by molar-refractivity contribution is 14.1. The van der Waals surface area contributed by atoms with Crippen molar-refractivity contribution in [1.29, 1.82) is 0 Å². The van der Waals surface area contributed by atoms with E-state index in [4.69, 9.17) is 4.74 Å². The van der Waals surface area contributed by atoms with Crippen molar-refractivity contribution in [1.82, 2.24) is 10.3 Å². The Morgan fingerprint density at radius 3 is 3.00 bits per heavy atom. The fourth-order valence-corrected chi connectivity index (χ4v) is 2.32. The first kappa shape index (κ1) is 11.1. The van der Waals surface area contributed by atoms with Gasteiger partial charge in [0, 0.05) is 6.04 Å². The number of ether oxygens (including phenoxy) is 1. The minimum absolute atomic E-state index is 0.303. The molecule has 0 aliphatic heterocycles. The second kappa shape index (κ2) is 5.12. The summed E-state index contributed by atoms with van der Waals surface area (Å²) in [4.78, 5) is 4.21. The van der Waals surface area contributed by atoms with E-state index < -0.39 is 0 Å². The minimum Gasteiger partial charge on any atom is -0.487 e. The van der Waals surface area contributed by atoms with Gasteiger partial charge in [-0.15, -0.1) is 0 Å². The fraction of sp³-hybridized carbons (Fsp3) is 0.545. The van der Waals surface area contributed by atoms with Crippen molar-refractivity contribution in [2.75, 3.05) is 7.05 Å². The van der Waals surface area contributed by atoms with E-state index in [0.717, 1.165) is 15.9 Å². The summed E-state index contributed by atoms with van der Waals surface area (Å²) in [5.74, 6) is 0.877. The highest BCUT2D eigenvalue weighted by atomic mass is 127. The van der Waals surface area contributed by atoms with Crippen molar-refractivity contribution in [2.24, 2.45) is 0 Å². The number of hydrogen-bond acceptors (Lipinski definition) is 3. The number of nitrogens with one attached hydrogen (secondary N) is 1. The summed E-state index contributed by atoms with van der Waals surface area (Å²) in [5.41, 5.74) is 0. The van der Waals surface area contributed by atoms with Gasteiger partial charge in [0.2, 0.25) is 0 Å². The molecular weight excluding hydrogens is 303 g/mol.